The summed E-state index contributed by atoms with van der Waals surface area (Å²) in [7, 11) is 3.61. The number of amides is 1. The van der Waals surface area contributed by atoms with Gasteiger partial charge in [0.1, 0.15) is 11.7 Å². The normalized spacial score (nSPS) is 34.3. The van der Waals surface area contributed by atoms with Gasteiger partial charge in [-0.25, -0.2) is 9.59 Å². The number of likely N-dealkylation sites (N-methyl/N-ethyl adjacent to an activating group) is 1. The van der Waals surface area contributed by atoms with Gasteiger partial charge >= 0.3 is 12.1 Å². The van der Waals surface area contributed by atoms with Crippen LogP contribution >= 0.6 is 0 Å². The van der Waals surface area contributed by atoms with Crippen LogP contribution in [0.2, 0.25) is 0 Å². The Kier molecular flexibility index (Phi) is 13.9. The van der Waals surface area contributed by atoms with Gasteiger partial charge in [0.25, 0.3) is 0 Å². The third-order valence-electron chi connectivity index (χ3n) is 10.0. The van der Waals surface area contributed by atoms with E-state index in [1.54, 1.807) is 25.9 Å². The molecule has 2 fully saturated rings. The Morgan fingerprint density at radius 1 is 1.22 bits per heavy atom. The zero-order valence-corrected chi connectivity index (χ0v) is 29.1. The first-order valence-electron chi connectivity index (χ1n) is 16.8. The maximum absolute atomic E-state index is 13.2. The molecule has 11 nitrogen and oxygen atoms in total. The molecule has 3 aliphatic rings. The van der Waals surface area contributed by atoms with Crippen molar-refractivity contribution in [2.75, 3.05) is 40.3 Å². The summed E-state index contributed by atoms with van der Waals surface area (Å²) in [4.78, 5) is 30.0. The van der Waals surface area contributed by atoms with E-state index in [-0.39, 0.29) is 48.9 Å². The molecule has 9 atom stereocenters. The molecule has 0 saturated carbocycles. The van der Waals surface area contributed by atoms with Gasteiger partial charge in [0, 0.05) is 45.1 Å². The van der Waals surface area contributed by atoms with Gasteiger partial charge in [-0.05, 0) is 70.6 Å². The molecule has 3 N–H and O–H groups in total. The molecular formula is C35H58N2O9. The summed E-state index contributed by atoms with van der Waals surface area (Å²) >= 11 is 0. The minimum absolute atomic E-state index is 0.0278. The van der Waals surface area contributed by atoms with Crippen LogP contribution in [0.3, 0.4) is 0 Å². The smallest absolute Gasteiger partial charge is 0.410 e. The fraction of sp³-hybridized carbons (Fsp3) is 0.771. The molecule has 0 aromatic carbocycles. The van der Waals surface area contributed by atoms with Crippen LogP contribution in [0.25, 0.3) is 0 Å². The lowest BCUT2D eigenvalue weighted by molar-refractivity contribution is -0.201. The Balaban J connectivity index is 1.74. The fourth-order valence-corrected chi connectivity index (χ4v) is 6.17. The highest BCUT2D eigenvalue weighted by atomic mass is 16.6. The number of nitrogens with zero attached hydrogens (tertiary/aromatic N) is 2. The van der Waals surface area contributed by atoms with Crippen molar-refractivity contribution in [1.82, 2.24) is 9.80 Å². The molecule has 0 aromatic rings. The van der Waals surface area contributed by atoms with Gasteiger partial charge in [-0.15, -0.1) is 0 Å². The third kappa shape index (κ3) is 10.4. The van der Waals surface area contributed by atoms with Crippen molar-refractivity contribution in [1.29, 1.82) is 0 Å². The Labute approximate surface area is 275 Å². The molecule has 3 rings (SSSR count). The van der Waals surface area contributed by atoms with Gasteiger partial charge in [-0.2, -0.15) is 0 Å². The molecule has 3 aliphatic heterocycles. The van der Waals surface area contributed by atoms with Crippen molar-refractivity contribution in [2.45, 2.75) is 116 Å². The third-order valence-corrected chi connectivity index (χ3v) is 10.0. The zero-order chi connectivity index (χ0) is 34.2. The van der Waals surface area contributed by atoms with Crippen molar-refractivity contribution < 1.29 is 43.9 Å². The maximum Gasteiger partial charge on any atom is 0.410 e. The van der Waals surface area contributed by atoms with Gasteiger partial charge in [0.2, 0.25) is 0 Å². The highest BCUT2D eigenvalue weighted by molar-refractivity contribution is 5.74. The lowest BCUT2D eigenvalue weighted by Crippen LogP contribution is -2.50. The van der Waals surface area contributed by atoms with Crippen LogP contribution in [0, 0.1) is 17.8 Å². The number of aliphatic hydroxyl groups excluding tert-OH is 1. The van der Waals surface area contributed by atoms with E-state index in [0.29, 0.717) is 25.9 Å². The Bertz CT molecular complexity index is 1100. The molecule has 262 valence electrons. The van der Waals surface area contributed by atoms with Gasteiger partial charge in [-0.1, -0.05) is 52.0 Å². The molecule has 0 spiro atoms. The van der Waals surface area contributed by atoms with E-state index in [1.165, 1.54) is 0 Å². The molecule has 0 bridgehead atoms. The second-order valence-corrected chi connectivity index (χ2v) is 13.8. The summed E-state index contributed by atoms with van der Waals surface area (Å²) in [6.07, 6.45) is 8.47. The maximum atomic E-state index is 13.2. The zero-order valence-electron chi connectivity index (χ0n) is 29.1. The minimum Gasteiger partial charge on any atom is -0.455 e. The van der Waals surface area contributed by atoms with E-state index in [2.05, 4.69) is 11.8 Å². The summed E-state index contributed by atoms with van der Waals surface area (Å²) < 4.78 is 23.6. The Morgan fingerprint density at radius 3 is 2.52 bits per heavy atom. The molecule has 11 heteroatoms. The number of rotatable bonds is 10. The first kappa shape index (κ1) is 38.2. The van der Waals surface area contributed by atoms with E-state index < -0.39 is 35.7 Å². The van der Waals surface area contributed by atoms with Gasteiger partial charge in [0.15, 0.2) is 18.0 Å². The van der Waals surface area contributed by atoms with E-state index in [4.69, 9.17) is 18.9 Å². The van der Waals surface area contributed by atoms with Crippen molar-refractivity contribution in [3.63, 3.8) is 0 Å². The number of aliphatic hydroxyl groups is 3. The topological polar surface area (TPSA) is 142 Å². The number of carbonyl (C=O) groups excluding carboxylic acids is 2. The average Bonchev–Trinajstić information content (AvgIpc) is 3.78. The first-order valence-corrected chi connectivity index (χ1v) is 16.8. The number of epoxide rings is 1. The predicted molar refractivity (Wildman–Crippen MR) is 175 cm³/mol. The number of ether oxygens (including phenoxy) is 4. The largest absolute Gasteiger partial charge is 0.455 e. The lowest BCUT2D eigenvalue weighted by atomic mass is 9.88. The van der Waals surface area contributed by atoms with E-state index in [1.807, 2.05) is 58.2 Å². The molecule has 46 heavy (non-hydrogen) atoms. The Hall–Kier alpha value is -2.28. The molecule has 0 aromatic heterocycles. The molecule has 3 heterocycles. The number of hydrogen-bond donors (Lipinski definition) is 3. The van der Waals surface area contributed by atoms with E-state index in [0.717, 1.165) is 25.1 Å². The molecule has 2 saturated heterocycles. The van der Waals surface area contributed by atoms with Crippen LogP contribution in [0.5, 0.6) is 0 Å². The fourth-order valence-electron chi connectivity index (χ4n) is 6.17. The monoisotopic (exact) mass is 650 g/mol. The van der Waals surface area contributed by atoms with E-state index in [9.17, 15) is 24.9 Å². The summed E-state index contributed by atoms with van der Waals surface area (Å²) in [5.41, 5.74) is -0.0733. The second-order valence-electron chi connectivity index (χ2n) is 13.8. The van der Waals surface area contributed by atoms with Gasteiger partial charge in [0.05, 0.1) is 12.2 Å². The van der Waals surface area contributed by atoms with Crippen LogP contribution in [0.1, 0.15) is 73.6 Å². The van der Waals surface area contributed by atoms with Crippen LogP contribution in [-0.4, -0.2) is 119 Å². The predicted octanol–water partition coefficient (Wildman–Crippen LogP) is 3.82. The number of allylic oxidation sites excluding steroid dienone is 3. The number of piperazine rings is 1. The average molecular weight is 651 g/mol. The summed E-state index contributed by atoms with van der Waals surface area (Å²) in [6, 6.07) is 0. The first-order chi connectivity index (χ1) is 21.6. The van der Waals surface area contributed by atoms with Crippen LogP contribution in [0.15, 0.2) is 36.0 Å². The van der Waals surface area contributed by atoms with Crippen LogP contribution in [-0.2, 0) is 23.7 Å². The molecule has 1 amide bonds. The standard InChI is InChI=1S/C35H58N2O9/c1-9-35(41,42)26(5)31-28(44-31)22-23(2)12-10-13-24(3)30-25(4)15-16-29(45-33(40)37-20-18-36(7)19-21-37)34(6,43-8)17-11-14-27(38)32(39)46-30/h10,12-13,15-16,23,25-31,38,41-42H,9,11,14,17-22H2,1-8H3/b12-10+,16-15+,24-13+. The van der Waals surface area contributed by atoms with Crippen molar-refractivity contribution >= 4 is 12.1 Å². The highest BCUT2D eigenvalue weighted by Gasteiger charge is 2.49. The van der Waals surface area contributed by atoms with Gasteiger partial charge < -0.3 is 44.1 Å². The van der Waals surface area contributed by atoms with Crippen molar-refractivity contribution in [2.24, 2.45) is 17.8 Å². The van der Waals surface area contributed by atoms with Gasteiger partial charge in [-0.3, -0.25) is 0 Å². The molecule has 0 aliphatic carbocycles. The van der Waals surface area contributed by atoms with E-state index >= 15 is 0 Å². The number of methoxy groups -OCH3 is 1. The number of carbonyl (C=O) groups is 2. The second kappa shape index (κ2) is 16.7. The van der Waals surface area contributed by atoms with Crippen molar-refractivity contribution in [3.05, 3.63) is 36.0 Å². The summed E-state index contributed by atoms with van der Waals surface area (Å²) in [5, 5.41) is 31.0. The number of esters is 1. The van der Waals surface area contributed by atoms with Crippen LogP contribution in [0.4, 0.5) is 4.79 Å². The van der Waals surface area contributed by atoms with Crippen molar-refractivity contribution in [3.8, 4) is 0 Å². The molecule has 0 radical (unpaired) electrons. The summed E-state index contributed by atoms with van der Waals surface area (Å²) in [6.45, 7) is 14.0. The summed E-state index contributed by atoms with van der Waals surface area (Å²) in [5.74, 6) is -2.92. The highest BCUT2D eigenvalue weighted by Crippen LogP contribution is 2.39. The quantitative estimate of drug-likeness (QED) is 0.105. The lowest BCUT2D eigenvalue weighted by Gasteiger charge is -2.38. The minimum atomic E-state index is -1.74. The number of cyclic esters (lactones) is 1. The molecule has 9 unspecified atom stereocenters. The van der Waals surface area contributed by atoms with Crippen LogP contribution < -0.4 is 0 Å². The SMILES string of the molecule is CCC(O)(O)C(C)C1OC1CC(C)/C=C/C=C(\C)C1OC(=O)C(O)CCCC(C)(OC)C(OC(=O)N2CCN(C)CC2)/C=C/C1C. The molecular weight excluding hydrogens is 592 g/mol. The Morgan fingerprint density at radius 2 is 1.89 bits per heavy atom. The number of hydrogen-bond acceptors (Lipinski definition) is 10.